The Morgan fingerprint density at radius 2 is 1.47 bits per heavy atom. The fourth-order valence-corrected chi connectivity index (χ4v) is 3.98. The molecule has 3 aromatic carbocycles. The number of para-hydroxylation sites is 1. The Bertz CT molecular complexity index is 1170. The Labute approximate surface area is 215 Å². The van der Waals surface area contributed by atoms with Gasteiger partial charge in [0, 0.05) is 12.2 Å². The number of hydrogen-bond donors (Lipinski definition) is 1. The first-order valence-corrected chi connectivity index (χ1v) is 12.4. The molecule has 36 heavy (non-hydrogen) atoms. The molecule has 3 aromatic rings. The molecule has 0 aromatic heterocycles. The summed E-state index contributed by atoms with van der Waals surface area (Å²) in [6.07, 6.45) is 1.81. The Kier molecular flexibility index (Phi) is 8.24. The highest BCUT2D eigenvalue weighted by Crippen LogP contribution is 2.40. The lowest BCUT2D eigenvalue weighted by Crippen LogP contribution is -2.23. The number of esters is 1. The van der Waals surface area contributed by atoms with Gasteiger partial charge in [0.2, 0.25) is 0 Å². The lowest BCUT2D eigenvalue weighted by Gasteiger charge is -2.29. The van der Waals surface area contributed by atoms with Gasteiger partial charge in [0.25, 0.3) is 0 Å². The van der Waals surface area contributed by atoms with Crippen molar-refractivity contribution in [2.75, 3.05) is 11.5 Å². The molecule has 0 aliphatic rings. The van der Waals surface area contributed by atoms with Crippen LogP contribution in [-0.2, 0) is 22.1 Å². The van der Waals surface area contributed by atoms with Crippen molar-refractivity contribution in [2.45, 2.75) is 65.8 Å². The van der Waals surface area contributed by atoms with Crippen LogP contribution < -0.4 is 4.90 Å². The van der Waals surface area contributed by atoms with E-state index in [2.05, 4.69) is 63.6 Å². The molecule has 3 rings (SSSR count). The summed E-state index contributed by atoms with van der Waals surface area (Å²) in [7, 11) is 0. The highest BCUT2D eigenvalue weighted by molar-refractivity contribution is 5.90. The Hall–Kier alpha value is -3.60. The van der Waals surface area contributed by atoms with Crippen LogP contribution in [0.2, 0.25) is 0 Å². The molecule has 0 amide bonds. The summed E-state index contributed by atoms with van der Waals surface area (Å²) in [5.74, 6) is 0.0379. The molecule has 0 heterocycles. The van der Waals surface area contributed by atoms with E-state index in [1.54, 1.807) is 19.1 Å². The van der Waals surface area contributed by atoms with Crippen molar-refractivity contribution in [1.82, 2.24) is 0 Å². The van der Waals surface area contributed by atoms with Crippen LogP contribution in [0.4, 0.5) is 11.4 Å². The third-order valence-corrected chi connectivity index (χ3v) is 5.95. The van der Waals surface area contributed by atoms with E-state index in [0.29, 0.717) is 24.5 Å². The second-order valence-electron chi connectivity index (χ2n) is 11.0. The molecular formula is C31H38N2O3. The van der Waals surface area contributed by atoms with Gasteiger partial charge >= 0.3 is 5.97 Å². The standard InChI is InChI=1S/C31H38N2O3/c1-8-36-29(35)23-14-16-24(17-15-23)32-21-33(25-12-10-9-11-13-25)20-22-18-26(30(2,3)4)28(34)27(19-22)31(5,6)7/h9-19,21,34H,8,20H2,1-7H3. The molecule has 0 bridgehead atoms. The highest BCUT2D eigenvalue weighted by Gasteiger charge is 2.26. The highest BCUT2D eigenvalue weighted by atomic mass is 16.5. The van der Waals surface area contributed by atoms with Crippen LogP contribution in [0, 0.1) is 0 Å². The fraction of sp³-hybridized carbons (Fsp3) is 0.355. The SMILES string of the molecule is CCOC(=O)c1ccc(N=CN(Cc2cc(C(C)(C)C)c(O)c(C(C)(C)C)c2)c2ccccc2)cc1. The third kappa shape index (κ3) is 6.75. The second kappa shape index (κ2) is 11.0. The largest absolute Gasteiger partial charge is 0.507 e. The van der Waals surface area contributed by atoms with Crippen molar-refractivity contribution in [1.29, 1.82) is 0 Å². The van der Waals surface area contributed by atoms with Crippen LogP contribution in [0.5, 0.6) is 5.75 Å². The summed E-state index contributed by atoms with van der Waals surface area (Å²) in [5, 5.41) is 11.1. The molecule has 0 atom stereocenters. The number of phenolic OH excluding ortho intramolecular Hbond substituents is 1. The van der Waals surface area contributed by atoms with Gasteiger partial charge in [-0.15, -0.1) is 0 Å². The number of rotatable bonds is 7. The maximum atomic E-state index is 11.9. The number of anilines is 1. The van der Waals surface area contributed by atoms with Gasteiger partial charge in [0.05, 0.1) is 24.2 Å². The molecule has 0 unspecified atom stereocenters. The number of carbonyl (C=O) groups excluding carboxylic acids is 1. The zero-order valence-electron chi connectivity index (χ0n) is 22.5. The van der Waals surface area contributed by atoms with Crippen LogP contribution in [0.1, 0.15) is 75.5 Å². The molecule has 190 valence electrons. The van der Waals surface area contributed by atoms with E-state index in [9.17, 15) is 9.90 Å². The van der Waals surface area contributed by atoms with Gasteiger partial charge < -0.3 is 14.7 Å². The van der Waals surface area contributed by atoms with Gasteiger partial charge in [0.15, 0.2) is 0 Å². The van der Waals surface area contributed by atoms with Crippen molar-refractivity contribution in [3.8, 4) is 5.75 Å². The number of nitrogens with zero attached hydrogens (tertiary/aromatic N) is 2. The second-order valence-corrected chi connectivity index (χ2v) is 11.0. The minimum Gasteiger partial charge on any atom is -0.507 e. The first-order chi connectivity index (χ1) is 16.9. The maximum absolute atomic E-state index is 11.9. The van der Waals surface area contributed by atoms with Crippen LogP contribution >= 0.6 is 0 Å². The Morgan fingerprint density at radius 1 is 0.917 bits per heavy atom. The number of carbonyl (C=O) groups is 1. The minimum atomic E-state index is -0.337. The van der Waals surface area contributed by atoms with Crippen molar-refractivity contribution < 1.29 is 14.6 Å². The molecule has 0 aliphatic heterocycles. The van der Waals surface area contributed by atoms with Gasteiger partial charge in [-0.25, -0.2) is 9.79 Å². The summed E-state index contributed by atoms with van der Waals surface area (Å²) in [4.78, 5) is 18.7. The van der Waals surface area contributed by atoms with Crippen LogP contribution in [-0.4, -0.2) is 24.0 Å². The number of phenols is 1. The molecule has 5 heteroatoms. The molecule has 1 N–H and O–H groups in total. The number of aromatic hydroxyl groups is 1. The first-order valence-electron chi connectivity index (χ1n) is 12.4. The summed E-state index contributed by atoms with van der Waals surface area (Å²) < 4.78 is 5.06. The fourth-order valence-electron chi connectivity index (χ4n) is 3.98. The molecule has 0 saturated carbocycles. The Balaban J connectivity index is 1.98. The number of aliphatic imine (C=N–C) groups is 1. The summed E-state index contributed by atoms with van der Waals surface area (Å²) in [6.45, 7) is 15.4. The van der Waals surface area contributed by atoms with E-state index < -0.39 is 0 Å². The van der Waals surface area contributed by atoms with Crippen molar-refractivity contribution in [3.63, 3.8) is 0 Å². The minimum absolute atomic E-state index is 0.202. The average Bonchev–Trinajstić information content (AvgIpc) is 2.82. The van der Waals surface area contributed by atoms with E-state index in [1.807, 2.05) is 48.8 Å². The van der Waals surface area contributed by atoms with Crippen LogP contribution in [0.15, 0.2) is 71.7 Å². The van der Waals surface area contributed by atoms with Gasteiger partial charge in [-0.05, 0) is 83.0 Å². The summed E-state index contributed by atoms with van der Waals surface area (Å²) in [6, 6.07) is 21.4. The van der Waals surface area contributed by atoms with Gasteiger partial charge in [-0.1, -0.05) is 59.7 Å². The molecule has 0 saturated heterocycles. The lowest BCUT2D eigenvalue weighted by molar-refractivity contribution is 0.0526. The normalized spacial score (nSPS) is 12.1. The quantitative estimate of drug-likeness (QED) is 0.213. The summed E-state index contributed by atoms with van der Waals surface area (Å²) in [5.41, 5.74) is 4.81. The number of ether oxygens (including phenoxy) is 1. The predicted octanol–water partition coefficient (Wildman–Crippen LogP) is 7.53. The summed E-state index contributed by atoms with van der Waals surface area (Å²) >= 11 is 0. The lowest BCUT2D eigenvalue weighted by atomic mass is 9.78. The molecule has 0 fully saturated rings. The van der Waals surface area contributed by atoms with Crippen molar-refractivity contribution in [2.24, 2.45) is 4.99 Å². The molecular weight excluding hydrogens is 448 g/mol. The van der Waals surface area contributed by atoms with E-state index in [4.69, 9.17) is 4.74 Å². The zero-order valence-corrected chi connectivity index (χ0v) is 22.5. The zero-order chi connectivity index (χ0) is 26.5. The molecule has 0 radical (unpaired) electrons. The predicted molar refractivity (Wildman–Crippen MR) is 149 cm³/mol. The van der Waals surface area contributed by atoms with E-state index in [0.717, 1.165) is 28.1 Å². The number of benzene rings is 3. The molecule has 0 spiro atoms. The Morgan fingerprint density at radius 3 is 1.97 bits per heavy atom. The van der Waals surface area contributed by atoms with Crippen LogP contribution in [0.3, 0.4) is 0 Å². The average molecular weight is 487 g/mol. The maximum Gasteiger partial charge on any atom is 0.338 e. The molecule has 5 nitrogen and oxygen atoms in total. The van der Waals surface area contributed by atoms with Crippen molar-refractivity contribution in [3.05, 3.63) is 89.0 Å². The van der Waals surface area contributed by atoms with E-state index >= 15 is 0 Å². The van der Waals surface area contributed by atoms with E-state index in [1.165, 1.54) is 0 Å². The topological polar surface area (TPSA) is 62.1 Å². The monoisotopic (exact) mass is 486 g/mol. The van der Waals surface area contributed by atoms with Crippen molar-refractivity contribution >= 4 is 23.7 Å². The van der Waals surface area contributed by atoms with Gasteiger partial charge in [0.1, 0.15) is 5.75 Å². The smallest absolute Gasteiger partial charge is 0.338 e. The number of hydrogen-bond acceptors (Lipinski definition) is 4. The van der Waals surface area contributed by atoms with Gasteiger partial charge in [-0.3, -0.25) is 0 Å². The first kappa shape index (κ1) is 27.0. The molecule has 0 aliphatic carbocycles. The van der Waals surface area contributed by atoms with Gasteiger partial charge in [-0.2, -0.15) is 0 Å². The van der Waals surface area contributed by atoms with Crippen LogP contribution in [0.25, 0.3) is 0 Å². The van der Waals surface area contributed by atoms with E-state index in [-0.39, 0.29) is 16.8 Å². The third-order valence-electron chi connectivity index (χ3n) is 5.95.